The first-order valence-corrected chi connectivity index (χ1v) is 13.0. The van der Waals surface area contributed by atoms with E-state index < -0.39 is 6.03 Å². The number of piperazine rings is 1. The predicted molar refractivity (Wildman–Crippen MR) is 170 cm³/mol. The molecule has 1 fully saturated rings. The monoisotopic (exact) mass is 635 g/mol. The minimum absolute atomic E-state index is 0. The average Bonchev–Trinajstić information content (AvgIpc) is 2.92. The summed E-state index contributed by atoms with van der Waals surface area (Å²) in [7, 11) is 0. The van der Waals surface area contributed by atoms with Crippen LogP contribution in [0.5, 0.6) is 5.75 Å². The Labute approximate surface area is 261 Å². The summed E-state index contributed by atoms with van der Waals surface area (Å²) in [6.07, 6.45) is 1.40. The summed E-state index contributed by atoms with van der Waals surface area (Å²) >= 11 is 5.93. The molecule has 0 bridgehead atoms. The number of phenolic OH excluding ortho intramolecular Hbond substituents is 1. The third-order valence-corrected chi connectivity index (χ3v) is 6.27. The van der Waals surface area contributed by atoms with Crippen molar-refractivity contribution in [2.45, 2.75) is 0 Å². The Morgan fingerprint density at radius 1 is 0.762 bits per heavy atom. The molecule has 3 aromatic rings. The fraction of sp³-hybridized carbons (Fsp3) is 0.214. The molecule has 0 aromatic heterocycles. The van der Waals surface area contributed by atoms with Gasteiger partial charge in [-0.1, -0.05) is 29.8 Å². The van der Waals surface area contributed by atoms with Gasteiger partial charge in [0, 0.05) is 53.8 Å². The molecule has 3 aromatic carbocycles. The number of hydrazone groups is 1. The highest BCUT2D eigenvalue weighted by Gasteiger charge is 2.20. The molecule has 0 atom stereocenters. The van der Waals surface area contributed by atoms with Gasteiger partial charge in [0.2, 0.25) is 5.91 Å². The Hall–Kier alpha value is -3.87. The molecule has 0 unspecified atom stereocenters. The van der Waals surface area contributed by atoms with Gasteiger partial charge in [-0.05, 0) is 54.6 Å². The summed E-state index contributed by atoms with van der Waals surface area (Å²) in [6, 6.07) is 20.0. The van der Waals surface area contributed by atoms with Crippen LogP contribution in [0, 0.1) is 0 Å². The van der Waals surface area contributed by atoms with Crippen molar-refractivity contribution in [3.05, 3.63) is 83.4 Å². The zero-order valence-electron chi connectivity index (χ0n) is 22.5. The number of para-hydroxylation sites is 1. The van der Waals surface area contributed by atoms with Crippen molar-refractivity contribution >= 4 is 77.5 Å². The summed E-state index contributed by atoms with van der Waals surface area (Å²) in [5.74, 6) is -0.313. The highest BCUT2D eigenvalue weighted by Crippen LogP contribution is 2.17. The number of carbonyl (C=O) groups excluding carboxylic acids is 3. The second-order valence-electron chi connectivity index (χ2n) is 9.12. The number of urea groups is 1. The average molecular weight is 637 g/mol. The van der Waals surface area contributed by atoms with Crippen LogP contribution in [0.15, 0.2) is 77.9 Å². The summed E-state index contributed by atoms with van der Waals surface area (Å²) in [4.78, 5) is 40.9. The maximum atomic E-state index is 12.5. The lowest BCUT2D eigenvalue weighted by Gasteiger charge is -2.33. The molecule has 11 nitrogen and oxygen atoms in total. The molecule has 224 valence electrons. The highest BCUT2D eigenvalue weighted by molar-refractivity contribution is 6.30. The van der Waals surface area contributed by atoms with E-state index in [1.165, 1.54) is 6.21 Å². The number of amides is 4. The normalized spacial score (nSPS) is 13.4. The quantitative estimate of drug-likeness (QED) is 0.176. The van der Waals surface area contributed by atoms with Gasteiger partial charge in [0.1, 0.15) is 5.75 Å². The molecule has 0 spiro atoms. The number of hydrogen-bond donors (Lipinski definition) is 5. The predicted octanol–water partition coefficient (Wildman–Crippen LogP) is 4.24. The number of hydrogen-bond acceptors (Lipinski definition) is 7. The number of nitrogens with zero attached hydrogens (tertiary/aromatic N) is 3. The van der Waals surface area contributed by atoms with Crippen LogP contribution >= 0.6 is 36.4 Å². The van der Waals surface area contributed by atoms with Gasteiger partial charge in [0.25, 0.3) is 5.91 Å². The maximum absolute atomic E-state index is 12.5. The zero-order valence-corrected chi connectivity index (χ0v) is 24.8. The Balaban J connectivity index is 0.00000308. The Morgan fingerprint density at radius 3 is 1.95 bits per heavy atom. The maximum Gasteiger partial charge on any atom is 0.323 e. The second kappa shape index (κ2) is 17.2. The van der Waals surface area contributed by atoms with Gasteiger partial charge >= 0.3 is 6.03 Å². The zero-order chi connectivity index (χ0) is 28.3. The topological polar surface area (TPSA) is 138 Å². The summed E-state index contributed by atoms with van der Waals surface area (Å²) in [5.41, 5.74) is 4.75. The number of benzene rings is 3. The molecule has 4 rings (SSSR count). The number of aromatic hydroxyl groups is 1. The lowest BCUT2D eigenvalue weighted by Crippen LogP contribution is -2.50. The van der Waals surface area contributed by atoms with Gasteiger partial charge in [-0.3, -0.25) is 19.4 Å². The first-order chi connectivity index (χ1) is 19.3. The van der Waals surface area contributed by atoms with Gasteiger partial charge in [0.15, 0.2) is 0 Å². The standard InChI is InChI=1S/C28H30ClN7O4.2ClH/c29-21-5-3-6-24(16-21)33-28(40)32-23-10-8-22(9-11-23)31-26(38)18-35-12-14-36(15-13-35)19-27(39)34-30-17-20-4-1-2-7-25(20)37;;/h1-11,16-17,37H,12-15,18-19H2,(H,31,38)(H,34,39)(H2,32,33,40);2*1H/b30-17+;;. The van der Waals surface area contributed by atoms with Crippen LogP contribution in [0.3, 0.4) is 0 Å². The van der Waals surface area contributed by atoms with Crippen molar-refractivity contribution in [3.8, 4) is 5.75 Å². The fourth-order valence-corrected chi connectivity index (χ4v) is 4.20. The molecule has 0 aliphatic carbocycles. The van der Waals surface area contributed by atoms with Gasteiger partial charge in [-0.2, -0.15) is 5.10 Å². The lowest BCUT2D eigenvalue weighted by atomic mass is 10.2. The largest absolute Gasteiger partial charge is 0.507 e. The van der Waals surface area contributed by atoms with Crippen LogP contribution in [-0.2, 0) is 9.59 Å². The molecule has 1 aliphatic heterocycles. The molecule has 14 heteroatoms. The van der Waals surface area contributed by atoms with E-state index in [1.807, 2.05) is 9.80 Å². The Bertz CT molecular complexity index is 1370. The number of rotatable bonds is 9. The van der Waals surface area contributed by atoms with E-state index >= 15 is 0 Å². The van der Waals surface area contributed by atoms with E-state index in [4.69, 9.17) is 11.6 Å². The van der Waals surface area contributed by atoms with E-state index in [0.29, 0.717) is 53.8 Å². The van der Waals surface area contributed by atoms with Crippen molar-refractivity contribution in [1.29, 1.82) is 0 Å². The van der Waals surface area contributed by atoms with Crippen molar-refractivity contribution in [2.24, 2.45) is 5.10 Å². The highest BCUT2D eigenvalue weighted by atomic mass is 35.5. The van der Waals surface area contributed by atoms with Gasteiger partial charge in [-0.25, -0.2) is 10.2 Å². The smallest absolute Gasteiger partial charge is 0.323 e. The number of carbonyl (C=O) groups is 3. The van der Waals surface area contributed by atoms with E-state index in [-0.39, 0.29) is 55.5 Å². The summed E-state index contributed by atoms with van der Waals surface area (Å²) in [5, 5.41) is 22.5. The van der Waals surface area contributed by atoms with Crippen molar-refractivity contribution in [3.63, 3.8) is 0 Å². The van der Waals surface area contributed by atoms with Crippen molar-refractivity contribution in [1.82, 2.24) is 15.2 Å². The number of anilines is 3. The van der Waals surface area contributed by atoms with Crippen LogP contribution in [0.25, 0.3) is 0 Å². The van der Waals surface area contributed by atoms with Crippen molar-refractivity contribution in [2.75, 3.05) is 55.2 Å². The molecule has 0 saturated carbocycles. The summed E-state index contributed by atoms with van der Waals surface area (Å²) < 4.78 is 0. The van der Waals surface area contributed by atoms with Gasteiger partial charge in [-0.15, -0.1) is 24.8 Å². The van der Waals surface area contributed by atoms with E-state index in [0.717, 1.165) is 0 Å². The minimum atomic E-state index is -0.407. The fourth-order valence-electron chi connectivity index (χ4n) is 4.01. The molecule has 5 N–H and O–H groups in total. The molecule has 42 heavy (non-hydrogen) atoms. The molecule has 1 saturated heterocycles. The number of halogens is 3. The third kappa shape index (κ3) is 11.2. The van der Waals surface area contributed by atoms with Crippen molar-refractivity contribution < 1.29 is 19.5 Å². The first kappa shape index (κ1) is 34.3. The van der Waals surface area contributed by atoms with Crippen LogP contribution in [0.1, 0.15) is 5.56 Å². The Kier molecular flexibility index (Phi) is 14.0. The molecular weight excluding hydrogens is 605 g/mol. The van der Waals surface area contributed by atoms with E-state index in [1.54, 1.807) is 72.8 Å². The molecule has 1 aliphatic rings. The lowest BCUT2D eigenvalue weighted by molar-refractivity contribution is -0.123. The molecule has 0 radical (unpaired) electrons. The van der Waals surface area contributed by atoms with E-state index in [2.05, 4.69) is 26.5 Å². The Morgan fingerprint density at radius 2 is 1.33 bits per heavy atom. The van der Waals surface area contributed by atoms with Crippen LogP contribution in [-0.4, -0.2) is 78.2 Å². The van der Waals surface area contributed by atoms with Gasteiger partial charge < -0.3 is 21.1 Å². The van der Waals surface area contributed by atoms with E-state index in [9.17, 15) is 19.5 Å². The van der Waals surface area contributed by atoms with Crippen LogP contribution < -0.4 is 21.4 Å². The second-order valence-corrected chi connectivity index (χ2v) is 9.56. The molecule has 1 heterocycles. The van der Waals surface area contributed by atoms with Gasteiger partial charge in [0.05, 0.1) is 19.3 Å². The third-order valence-electron chi connectivity index (χ3n) is 6.04. The molecular formula is C28H32Cl3N7O4. The van der Waals surface area contributed by atoms with Crippen LogP contribution in [0.4, 0.5) is 21.9 Å². The SMILES string of the molecule is Cl.Cl.O=C(CN1CCN(CC(=O)Nc2ccc(NC(=O)Nc3cccc(Cl)c3)cc2)CC1)N/N=C/c1ccccc1O. The van der Waals surface area contributed by atoms with Crippen LogP contribution in [0.2, 0.25) is 5.02 Å². The molecule has 4 amide bonds. The minimum Gasteiger partial charge on any atom is -0.507 e. The number of phenols is 1. The first-order valence-electron chi connectivity index (χ1n) is 12.6. The number of nitrogens with one attached hydrogen (secondary N) is 4. The summed E-state index contributed by atoms with van der Waals surface area (Å²) in [6.45, 7) is 2.99.